The highest BCUT2D eigenvalue weighted by molar-refractivity contribution is 7.51. The summed E-state index contributed by atoms with van der Waals surface area (Å²) >= 11 is 0. The molecule has 2 aliphatic rings. The van der Waals surface area contributed by atoms with Crippen molar-refractivity contribution in [3.05, 3.63) is 0 Å². The minimum absolute atomic E-state index is 0.0434. The highest BCUT2D eigenvalue weighted by Gasteiger charge is 2.40. The summed E-state index contributed by atoms with van der Waals surface area (Å²) in [6.45, 7) is 13.4. The summed E-state index contributed by atoms with van der Waals surface area (Å²) in [7, 11) is -3.54. The molecule has 0 amide bonds. The lowest BCUT2D eigenvalue weighted by atomic mass is 9.75. The Hall–Kier alpha value is 0.110. The van der Waals surface area contributed by atoms with Crippen LogP contribution in [0.2, 0.25) is 0 Å². The van der Waals surface area contributed by atoms with Crippen LogP contribution in [0.15, 0.2) is 0 Å². The van der Waals surface area contributed by atoms with Crippen LogP contribution in [0, 0.1) is 35.5 Å². The molecule has 2 rings (SSSR count). The smallest absolute Gasteiger partial charge is 0.293 e. The van der Waals surface area contributed by atoms with Gasteiger partial charge in [0, 0.05) is 0 Å². The second-order valence-electron chi connectivity index (χ2n) is 9.48. The van der Waals surface area contributed by atoms with E-state index >= 15 is 0 Å². The quantitative estimate of drug-likeness (QED) is 0.579. The van der Waals surface area contributed by atoms with Crippen LogP contribution < -0.4 is 5.50 Å². The molecule has 2 fully saturated rings. The predicted molar refractivity (Wildman–Crippen MR) is 104 cm³/mol. The van der Waals surface area contributed by atoms with E-state index in [-0.39, 0.29) is 12.2 Å². The minimum Gasteiger partial charge on any atom is -0.293 e. The molecule has 7 atom stereocenters. The molecule has 0 aromatic carbocycles. The van der Waals surface area contributed by atoms with Crippen molar-refractivity contribution in [1.82, 2.24) is 0 Å². The monoisotopic (exact) mass is 373 g/mol. The van der Waals surface area contributed by atoms with E-state index in [0.717, 1.165) is 25.7 Å². The Labute approximate surface area is 155 Å². The average Bonchev–Trinajstić information content (AvgIpc) is 2.45. The van der Waals surface area contributed by atoms with Crippen molar-refractivity contribution in [3.8, 4) is 0 Å². The van der Waals surface area contributed by atoms with Crippen molar-refractivity contribution in [2.24, 2.45) is 41.0 Å². The van der Waals surface area contributed by atoms with Crippen molar-refractivity contribution in [3.63, 3.8) is 0 Å². The lowest BCUT2D eigenvalue weighted by Crippen LogP contribution is -2.37. The van der Waals surface area contributed by atoms with E-state index in [0.29, 0.717) is 35.5 Å². The topological polar surface area (TPSA) is 61.5 Å². The minimum atomic E-state index is -3.54. The standard InChI is InChI=1S/C20H40NO3P/c1-13(2)17-9-7-15(5)11-19(17)23-25(21,22)24-20-12-16(6)8-10-18(20)14(3)4/h13-20H,7-12H2,1-6H3,(H2,21,22)/t15-,16+,17-,18+,19-,20-,25?/m1/s1. The highest BCUT2D eigenvalue weighted by atomic mass is 31.2. The van der Waals surface area contributed by atoms with Gasteiger partial charge in [-0.1, -0.05) is 54.4 Å². The highest BCUT2D eigenvalue weighted by Crippen LogP contribution is 2.51. The van der Waals surface area contributed by atoms with E-state index in [1.807, 2.05) is 0 Å². The van der Waals surface area contributed by atoms with Crippen molar-refractivity contribution >= 4 is 7.75 Å². The van der Waals surface area contributed by atoms with Gasteiger partial charge in [-0.2, -0.15) is 0 Å². The Morgan fingerprint density at radius 3 is 1.48 bits per heavy atom. The van der Waals surface area contributed by atoms with E-state index in [2.05, 4.69) is 41.5 Å². The van der Waals surface area contributed by atoms with Gasteiger partial charge in [-0.25, -0.2) is 10.1 Å². The van der Waals surface area contributed by atoms with Gasteiger partial charge in [-0.15, -0.1) is 0 Å². The number of nitrogens with two attached hydrogens (primary N) is 1. The molecule has 0 spiro atoms. The average molecular weight is 374 g/mol. The fraction of sp³-hybridized carbons (Fsp3) is 1.00. The summed E-state index contributed by atoms with van der Waals surface area (Å²) in [5, 5.41) is 0. The molecule has 0 saturated heterocycles. The van der Waals surface area contributed by atoms with Crippen molar-refractivity contribution < 1.29 is 13.6 Å². The molecule has 5 heteroatoms. The summed E-state index contributed by atoms with van der Waals surface area (Å²) < 4.78 is 25.0. The van der Waals surface area contributed by atoms with Crippen LogP contribution in [-0.2, 0) is 13.6 Å². The molecule has 4 nitrogen and oxygen atoms in total. The molecule has 0 bridgehead atoms. The second-order valence-corrected chi connectivity index (χ2v) is 11.0. The first-order valence-corrected chi connectivity index (χ1v) is 12.0. The van der Waals surface area contributed by atoms with Crippen LogP contribution in [0.4, 0.5) is 0 Å². The van der Waals surface area contributed by atoms with Crippen LogP contribution in [0.3, 0.4) is 0 Å². The van der Waals surface area contributed by atoms with Crippen LogP contribution in [0.5, 0.6) is 0 Å². The van der Waals surface area contributed by atoms with Gasteiger partial charge in [0.1, 0.15) is 0 Å². The largest absolute Gasteiger partial charge is 0.403 e. The van der Waals surface area contributed by atoms with Gasteiger partial charge in [0.05, 0.1) is 12.2 Å². The van der Waals surface area contributed by atoms with Crippen LogP contribution in [0.1, 0.15) is 80.1 Å². The molecular formula is C20H40NO3P. The van der Waals surface area contributed by atoms with Crippen LogP contribution in [-0.4, -0.2) is 12.2 Å². The summed E-state index contributed by atoms with van der Waals surface area (Å²) in [4.78, 5) is 0. The van der Waals surface area contributed by atoms with E-state index in [4.69, 9.17) is 14.6 Å². The maximum absolute atomic E-state index is 13.0. The van der Waals surface area contributed by atoms with E-state index < -0.39 is 7.75 Å². The number of rotatable bonds is 6. The fourth-order valence-electron chi connectivity index (χ4n) is 4.87. The molecule has 148 valence electrons. The third-order valence-corrected chi connectivity index (χ3v) is 7.62. The van der Waals surface area contributed by atoms with Gasteiger partial charge >= 0.3 is 7.75 Å². The summed E-state index contributed by atoms with van der Waals surface area (Å²) in [6, 6.07) is 0. The Kier molecular flexibility index (Phi) is 7.59. The molecule has 0 aliphatic heterocycles. The molecule has 0 heterocycles. The molecular weight excluding hydrogens is 333 g/mol. The first kappa shape index (κ1) is 21.4. The van der Waals surface area contributed by atoms with Crippen LogP contribution >= 0.6 is 7.75 Å². The summed E-state index contributed by atoms with van der Waals surface area (Å²) in [6.07, 6.45) is 6.46. The van der Waals surface area contributed by atoms with Gasteiger partial charge in [0.2, 0.25) is 0 Å². The second kappa shape index (κ2) is 8.87. The molecule has 0 radical (unpaired) electrons. The fourth-order valence-corrected chi connectivity index (χ4v) is 6.16. The molecule has 0 aromatic heterocycles. The molecule has 2 aliphatic carbocycles. The predicted octanol–water partition coefficient (Wildman–Crippen LogP) is 6.01. The molecule has 25 heavy (non-hydrogen) atoms. The van der Waals surface area contributed by atoms with Gasteiger partial charge in [-0.05, 0) is 61.2 Å². The van der Waals surface area contributed by atoms with Gasteiger partial charge in [0.15, 0.2) is 0 Å². The normalized spacial score (nSPS) is 39.6. The van der Waals surface area contributed by atoms with Gasteiger partial charge in [-0.3, -0.25) is 9.05 Å². The lowest BCUT2D eigenvalue weighted by Gasteiger charge is -2.40. The zero-order valence-corrected chi connectivity index (χ0v) is 18.0. The molecule has 0 aromatic rings. The van der Waals surface area contributed by atoms with Crippen molar-refractivity contribution in [2.75, 3.05) is 0 Å². The first-order chi connectivity index (χ1) is 11.6. The van der Waals surface area contributed by atoms with E-state index in [1.54, 1.807) is 0 Å². The number of hydrogen-bond donors (Lipinski definition) is 1. The zero-order chi connectivity index (χ0) is 18.8. The third-order valence-electron chi connectivity index (χ3n) is 6.49. The maximum Gasteiger partial charge on any atom is 0.403 e. The Balaban J connectivity index is 2.04. The SMILES string of the molecule is CC(C)[C@H]1CC[C@@H](C)C[C@H]1OP(N)(=O)O[C@@H]1C[C@@H](C)CC[C@H]1C(C)C. The van der Waals surface area contributed by atoms with Gasteiger partial charge < -0.3 is 0 Å². The summed E-state index contributed by atoms with van der Waals surface area (Å²) in [5.74, 6) is 3.05. The number of hydrogen-bond acceptors (Lipinski definition) is 3. The zero-order valence-electron chi connectivity index (χ0n) is 17.1. The lowest BCUT2D eigenvalue weighted by molar-refractivity contribution is -0.00346. The summed E-state index contributed by atoms with van der Waals surface area (Å²) in [5.41, 5.74) is 6.11. The molecule has 2 N–H and O–H groups in total. The van der Waals surface area contributed by atoms with Gasteiger partial charge in [0.25, 0.3) is 0 Å². The molecule has 2 saturated carbocycles. The third kappa shape index (κ3) is 6.06. The Bertz CT molecular complexity index is 430. The first-order valence-electron chi connectivity index (χ1n) is 10.3. The van der Waals surface area contributed by atoms with Crippen molar-refractivity contribution in [1.29, 1.82) is 0 Å². The Morgan fingerprint density at radius 1 is 0.800 bits per heavy atom. The maximum atomic E-state index is 13.0. The van der Waals surface area contributed by atoms with Crippen molar-refractivity contribution in [2.45, 2.75) is 92.3 Å². The van der Waals surface area contributed by atoms with Crippen LogP contribution in [0.25, 0.3) is 0 Å². The van der Waals surface area contributed by atoms with E-state index in [9.17, 15) is 4.57 Å². The van der Waals surface area contributed by atoms with E-state index in [1.165, 1.54) is 12.8 Å². The Morgan fingerprint density at radius 2 is 1.16 bits per heavy atom. The molecule has 1 unspecified atom stereocenters.